The number of aromatic nitrogens is 1. The molecule has 0 amide bonds. The second-order valence-electron chi connectivity index (χ2n) is 3.81. The Balaban J connectivity index is 2.37. The largest absolute Gasteiger partial charge is 0.439 e. The molecule has 0 fully saturated rings. The van der Waals surface area contributed by atoms with Crippen LogP contribution in [0.1, 0.15) is 11.5 Å². The van der Waals surface area contributed by atoms with Crippen LogP contribution in [0.2, 0.25) is 0 Å². The molecule has 0 aliphatic rings. The van der Waals surface area contributed by atoms with E-state index in [-0.39, 0.29) is 6.61 Å². The number of aliphatic hydroxyl groups is 1. The molecule has 15 heavy (non-hydrogen) atoms. The Morgan fingerprint density at radius 1 is 1.40 bits per heavy atom. The summed E-state index contributed by atoms with van der Waals surface area (Å²) in [5, 5.41) is 8.98. The highest BCUT2D eigenvalue weighted by Gasteiger charge is 2.06. The van der Waals surface area contributed by atoms with Crippen LogP contribution in [0.5, 0.6) is 0 Å². The van der Waals surface area contributed by atoms with Crippen LogP contribution in [-0.4, -0.2) is 29.1 Å². The molecule has 0 bridgehead atoms. The lowest BCUT2D eigenvalue weighted by molar-refractivity contribution is 0.282. The van der Waals surface area contributed by atoms with Crippen molar-refractivity contribution in [3.63, 3.8) is 0 Å². The molecule has 0 spiro atoms. The van der Waals surface area contributed by atoms with Crippen molar-refractivity contribution in [3.05, 3.63) is 29.7 Å². The van der Waals surface area contributed by atoms with Crippen molar-refractivity contribution in [2.45, 2.75) is 13.2 Å². The average Bonchev–Trinajstić information content (AvgIpc) is 2.57. The van der Waals surface area contributed by atoms with E-state index in [1.54, 1.807) is 0 Å². The minimum absolute atomic E-state index is 0.0335. The number of benzene rings is 1. The molecule has 0 aliphatic heterocycles. The highest BCUT2D eigenvalue weighted by molar-refractivity contribution is 5.73. The molecule has 1 N–H and O–H groups in total. The Morgan fingerprint density at radius 2 is 2.20 bits per heavy atom. The van der Waals surface area contributed by atoms with Gasteiger partial charge in [0.05, 0.1) is 13.2 Å². The maximum Gasteiger partial charge on any atom is 0.209 e. The van der Waals surface area contributed by atoms with Crippen LogP contribution in [-0.2, 0) is 13.2 Å². The Bertz CT molecular complexity index is 463. The summed E-state index contributed by atoms with van der Waals surface area (Å²) in [7, 11) is 3.93. The van der Waals surface area contributed by atoms with Gasteiger partial charge in [0.15, 0.2) is 5.58 Å². The minimum Gasteiger partial charge on any atom is -0.439 e. The summed E-state index contributed by atoms with van der Waals surface area (Å²) in [5.41, 5.74) is 2.43. The van der Waals surface area contributed by atoms with Crippen LogP contribution < -0.4 is 0 Å². The van der Waals surface area contributed by atoms with Gasteiger partial charge in [0.2, 0.25) is 5.89 Å². The second kappa shape index (κ2) is 4.00. The number of fused-ring (bicyclic) bond motifs is 1. The van der Waals surface area contributed by atoms with E-state index in [0.29, 0.717) is 12.4 Å². The summed E-state index contributed by atoms with van der Waals surface area (Å²) < 4.78 is 5.54. The number of rotatable bonds is 3. The van der Waals surface area contributed by atoms with Crippen molar-refractivity contribution < 1.29 is 9.52 Å². The first kappa shape index (κ1) is 10.1. The molecule has 4 heteroatoms. The zero-order valence-electron chi connectivity index (χ0n) is 8.90. The van der Waals surface area contributed by atoms with Crippen LogP contribution in [0.15, 0.2) is 22.6 Å². The quantitative estimate of drug-likeness (QED) is 0.824. The highest BCUT2D eigenvalue weighted by atomic mass is 16.3. The fourth-order valence-corrected chi connectivity index (χ4v) is 1.46. The number of hydrogen-bond donors (Lipinski definition) is 1. The third-order valence-electron chi connectivity index (χ3n) is 2.13. The van der Waals surface area contributed by atoms with Gasteiger partial charge in [-0.25, -0.2) is 4.98 Å². The summed E-state index contributed by atoms with van der Waals surface area (Å²) in [6.07, 6.45) is 0. The predicted octanol–water partition coefficient (Wildman–Crippen LogP) is 1.38. The fourth-order valence-electron chi connectivity index (χ4n) is 1.46. The number of aliphatic hydroxyl groups excluding tert-OH is 1. The molecule has 1 aromatic carbocycles. The third kappa shape index (κ3) is 2.16. The van der Waals surface area contributed by atoms with Gasteiger partial charge in [-0.05, 0) is 31.8 Å². The van der Waals surface area contributed by atoms with E-state index >= 15 is 0 Å². The van der Waals surface area contributed by atoms with Crippen molar-refractivity contribution in [3.8, 4) is 0 Å². The van der Waals surface area contributed by atoms with Crippen molar-refractivity contribution in [1.29, 1.82) is 0 Å². The van der Waals surface area contributed by atoms with Crippen LogP contribution in [0.3, 0.4) is 0 Å². The molecule has 0 atom stereocenters. The molecular weight excluding hydrogens is 192 g/mol. The van der Waals surface area contributed by atoms with Crippen molar-refractivity contribution in [2.75, 3.05) is 14.1 Å². The summed E-state index contributed by atoms with van der Waals surface area (Å²) in [5.74, 6) is 0.699. The van der Waals surface area contributed by atoms with Gasteiger partial charge in [-0.1, -0.05) is 6.07 Å². The van der Waals surface area contributed by atoms with Crippen molar-refractivity contribution in [2.24, 2.45) is 0 Å². The van der Waals surface area contributed by atoms with Gasteiger partial charge in [-0.2, -0.15) is 0 Å². The lowest BCUT2D eigenvalue weighted by atomic mass is 10.2. The van der Waals surface area contributed by atoms with E-state index in [1.165, 1.54) is 0 Å². The summed E-state index contributed by atoms with van der Waals surface area (Å²) in [4.78, 5) is 6.34. The Kier molecular flexibility index (Phi) is 2.70. The van der Waals surface area contributed by atoms with Crippen LogP contribution in [0.25, 0.3) is 11.1 Å². The van der Waals surface area contributed by atoms with Gasteiger partial charge >= 0.3 is 0 Å². The molecule has 0 saturated heterocycles. The first-order valence-corrected chi connectivity index (χ1v) is 4.83. The normalized spacial score (nSPS) is 11.5. The minimum atomic E-state index is 0.0335. The fraction of sp³-hybridized carbons (Fsp3) is 0.364. The SMILES string of the molecule is CN(C)Cc1nc2cc(CO)ccc2o1. The van der Waals surface area contributed by atoms with Gasteiger partial charge in [0, 0.05) is 0 Å². The monoisotopic (exact) mass is 206 g/mol. The van der Waals surface area contributed by atoms with Crippen LogP contribution in [0, 0.1) is 0 Å². The number of nitrogens with zero attached hydrogens (tertiary/aromatic N) is 2. The van der Waals surface area contributed by atoms with Gasteiger partial charge in [-0.3, -0.25) is 0 Å². The standard InChI is InChI=1S/C11H14N2O2/c1-13(2)6-11-12-9-5-8(7-14)3-4-10(9)15-11/h3-5,14H,6-7H2,1-2H3. The molecule has 2 aromatic rings. The summed E-state index contributed by atoms with van der Waals surface area (Å²) >= 11 is 0. The maximum atomic E-state index is 8.98. The molecule has 1 aromatic heterocycles. The van der Waals surface area contributed by atoms with Gasteiger partial charge in [-0.15, -0.1) is 0 Å². The van der Waals surface area contributed by atoms with Gasteiger partial charge in [0.25, 0.3) is 0 Å². The zero-order valence-corrected chi connectivity index (χ0v) is 8.90. The Morgan fingerprint density at radius 3 is 2.87 bits per heavy atom. The van der Waals surface area contributed by atoms with E-state index < -0.39 is 0 Å². The molecule has 0 unspecified atom stereocenters. The van der Waals surface area contributed by atoms with E-state index in [0.717, 1.165) is 16.7 Å². The Labute approximate surface area is 88.1 Å². The molecular formula is C11H14N2O2. The first-order valence-electron chi connectivity index (χ1n) is 4.83. The topological polar surface area (TPSA) is 49.5 Å². The van der Waals surface area contributed by atoms with Gasteiger partial charge < -0.3 is 14.4 Å². The summed E-state index contributed by atoms with van der Waals surface area (Å²) in [6, 6.07) is 5.53. The van der Waals surface area contributed by atoms with Crippen LogP contribution in [0.4, 0.5) is 0 Å². The highest BCUT2D eigenvalue weighted by Crippen LogP contribution is 2.17. The average molecular weight is 206 g/mol. The van der Waals surface area contributed by atoms with E-state index in [4.69, 9.17) is 9.52 Å². The maximum absolute atomic E-state index is 8.98. The molecule has 0 radical (unpaired) electrons. The molecule has 0 saturated carbocycles. The molecule has 4 nitrogen and oxygen atoms in total. The van der Waals surface area contributed by atoms with Crippen LogP contribution >= 0.6 is 0 Å². The first-order chi connectivity index (χ1) is 7.19. The lowest BCUT2D eigenvalue weighted by Gasteiger charge is -2.03. The lowest BCUT2D eigenvalue weighted by Crippen LogP contribution is -2.10. The molecule has 80 valence electrons. The number of oxazole rings is 1. The van der Waals surface area contributed by atoms with Gasteiger partial charge in [0.1, 0.15) is 5.52 Å². The Hall–Kier alpha value is -1.39. The summed E-state index contributed by atoms with van der Waals surface area (Å²) in [6.45, 7) is 0.717. The predicted molar refractivity (Wildman–Crippen MR) is 57.3 cm³/mol. The molecule has 1 heterocycles. The zero-order chi connectivity index (χ0) is 10.8. The van der Waals surface area contributed by atoms with E-state index in [9.17, 15) is 0 Å². The van der Waals surface area contributed by atoms with E-state index in [2.05, 4.69) is 4.98 Å². The van der Waals surface area contributed by atoms with Crippen molar-refractivity contribution >= 4 is 11.1 Å². The molecule has 0 aliphatic carbocycles. The van der Waals surface area contributed by atoms with Crippen molar-refractivity contribution in [1.82, 2.24) is 9.88 Å². The smallest absolute Gasteiger partial charge is 0.209 e. The number of hydrogen-bond acceptors (Lipinski definition) is 4. The third-order valence-corrected chi connectivity index (χ3v) is 2.13. The molecule has 2 rings (SSSR count). The van der Waals surface area contributed by atoms with E-state index in [1.807, 2.05) is 37.2 Å². The second-order valence-corrected chi connectivity index (χ2v) is 3.81.